The van der Waals surface area contributed by atoms with Gasteiger partial charge in [-0.2, -0.15) is 0 Å². The summed E-state index contributed by atoms with van der Waals surface area (Å²) in [5.41, 5.74) is 5.56. The molecular weight excluding hydrogens is 262 g/mol. The van der Waals surface area contributed by atoms with Crippen LogP contribution < -0.4 is 15.8 Å². The maximum absolute atomic E-state index is 12.2. The lowest BCUT2D eigenvalue weighted by molar-refractivity contribution is -0.385. The normalized spacial score (nSPS) is 15.5. The molecule has 2 rings (SSSR count). The molecule has 0 saturated heterocycles. The van der Waals surface area contributed by atoms with Crippen LogP contribution in [-0.2, 0) is 0 Å². The van der Waals surface area contributed by atoms with Crippen LogP contribution >= 0.6 is 0 Å². The fraction of sp³-hybridized carbons (Fsp3) is 0.462. The number of benzene rings is 1. The van der Waals surface area contributed by atoms with Crippen LogP contribution in [0.1, 0.15) is 23.2 Å². The van der Waals surface area contributed by atoms with Crippen molar-refractivity contribution in [2.24, 2.45) is 11.7 Å². The van der Waals surface area contributed by atoms with E-state index in [9.17, 15) is 14.9 Å². The molecule has 1 fully saturated rings. The van der Waals surface area contributed by atoms with Crippen molar-refractivity contribution in [1.29, 1.82) is 0 Å². The molecule has 3 N–H and O–H groups in total. The quantitative estimate of drug-likeness (QED) is 0.598. The minimum Gasteiger partial charge on any atom is -0.490 e. The lowest BCUT2D eigenvalue weighted by Crippen LogP contribution is -2.41. The molecule has 7 heteroatoms. The maximum Gasteiger partial charge on any atom is 0.311 e. The summed E-state index contributed by atoms with van der Waals surface area (Å²) >= 11 is 0. The van der Waals surface area contributed by atoms with Gasteiger partial charge in [0.05, 0.1) is 17.6 Å². The van der Waals surface area contributed by atoms with E-state index in [-0.39, 0.29) is 23.0 Å². The average Bonchev–Trinajstić information content (AvgIpc) is 3.27. The molecule has 1 amide bonds. The molecule has 1 unspecified atom stereocenters. The third kappa shape index (κ3) is 2.88. The summed E-state index contributed by atoms with van der Waals surface area (Å²) < 4.78 is 5.02. The third-order valence-electron chi connectivity index (χ3n) is 3.40. The minimum atomic E-state index is -0.573. The molecule has 1 aromatic rings. The number of nitro benzene ring substituents is 1. The second-order valence-electron chi connectivity index (χ2n) is 4.77. The monoisotopic (exact) mass is 279 g/mol. The first-order valence-corrected chi connectivity index (χ1v) is 6.40. The number of hydrogen-bond donors (Lipinski definition) is 2. The van der Waals surface area contributed by atoms with Gasteiger partial charge in [-0.3, -0.25) is 14.9 Å². The topological polar surface area (TPSA) is 107 Å². The van der Waals surface area contributed by atoms with Crippen LogP contribution in [0.4, 0.5) is 5.69 Å². The Balaban J connectivity index is 2.24. The number of amides is 1. The van der Waals surface area contributed by atoms with Crippen LogP contribution in [0.25, 0.3) is 0 Å². The Kier molecular flexibility index (Phi) is 4.19. The highest BCUT2D eigenvalue weighted by molar-refractivity contribution is 5.98. The summed E-state index contributed by atoms with van der Waals surface area (Å²) in [6.07, 6.45) is 2.10. The van der Waals surface area contributed by atoms with Gasteiger partial charge in [-0.1, -0.05) is 6.07 Å². The van der Waals surface area contributed by atoms with E-state index >= 15 is 0 Å². The average molecular weight is 279 g/mol. The summed E-state index contributed by atoms with van der Waals surface area (Å²) in [7, 11) is 1.31. The number of hydrogen-bond acceptors (Lipinski definition) is 5. The molecule has 0 bridgehead atoms. The first-order chi connectivity index (χ1) is 9.58. The predicted molar refractivity (Wildman–Crippen MR) is 72.7 cm³/mol. The van der Waals surface area contributed by atoms with Crippen LogP contribution in [0, 0.1) is 16.0 Å². The third-order valence-corrected chi connectivity index (χ3v) is 3.40. The van der Waals surface area contributed by atoms with Crippen LogP contribution in [-0.4, -0.2) is 30.5 Å². The fourth-order valence-corrected chi connectivity index (χ4v) is 2.18. The van der Waals surface area contributed by atoms with E-state index in [1.54, 1.807) is 0 Å². The molecule has 20 heavy (non-hydrogen) atoms. The van der Waals surface area contributed by atoms with Crippen molar-refractivity contribution in [3.05, 3.63) is 33.9 Å². The lowest BCUT2D eigenvalue weighted by Gasteiger charge is -2.17. The number of rotatable bonds is 6. The van der Waals surface area contributed by atoms with Crippen LogP contribution in [0.15, 0.2) is 18.2 Å². The molecule has 0 aromatic heterocycles. The van der Waals surface area contributed by atoms with E-state index in [1.165, 1.54) is 25.3 Å². The number of methoxy groups -OCH3 is 1. The molecule has 1 aromatic carbocycles. The van der Waals surface area contributed by atoms with Gasteiger partial charge in [0.2, 0.25) is 5.75 Å². The Hall–Kier alpha value is -2.15. The molecule has 1 saturated carbocycles. The van der Waals surface area contributed by atoms with Gasteiger partial charge < -0.3 is 15.8 Å². The van der Waals surface area contributed by atoms with E-state index in [0.717, 1.165) is 12.8 Å². The number of para-hydroxylation sites is 1. The molecule has 0 aliphatic heterocycles. The fourth-order valence-electron chi connectivity index (χ4n) is 2.18. The molecule has 0 radical (unpaired) electrons. The Morgan fingerprint density at radius 1 is 1.60 bits per heavy atom. The van der Waals surface area contributed by atoms with Crippen LogP contribution in [0.5, 0.6) is 5.75 Å². The van der Waals surface area contributed by atoms with Gasteiger partial charge >= 0.3 is 5.69 Å². The standard InChI is InChI=1S/C13H17N3O4/c1-20-12-9(3-2-4-11(12)16(18)19)13(17)15-10(7-14)8-5-6-8/h2-4,8,10H,5-7,14H2,1H3,(H,15,17). The van der Waals surface area contributed by atoms with Crippen molar-refractivity contribution in [2.75, 3.05) is 13.7 Å². The number of carbonyl (C=O) groups excluding carboxylic acids is 1. The highest BCUT2D eigenvalue weighted by Gasteiger charge is 2.32. The zero-order valence-electron chi connectivity index (χ0n) is 11.2. The van der Waals surface area contributed by atoms with E-state index in [0.29, 0.717) is 12.5 Å². The summed E-state index contributed by atoms with van der Waals surface area (Å²) in [6.45, 7) is 0.355. The molecule has 0 heterocycles. The van der Waals surface area contributed by atoms with Crippen LogP contribution in [0.3, 0.4) is 0 Å². The van der Waals surface area contributed by atoms with Crippen molar-refractivity contribution in [3.63, 3.8) is 0 Å². The number of carbonyl (C=O) groups is 1. The van der Waals surface area contributed by atoms with Crippen LogP contribution in [0.2, 0.25) is 0 Å². The number of nitrogens with two attached hydrogens (primary N) is 1. The van der Waals surface area contributed by atoms with Crippen molar-refractivity contribution in [2.45, 2.75) is 18.9 Å². The van der Waals surface area contributed by atoms with Gasteiger partial charge in [-0.15, -0.1) is 0 Å². The highest BCUT2D eigenvalue weighted by atomic mass is 16.6. The van der Waals surface area contributed by atoms with Crippen molar-refractivity contribution in [1.82, 2.24) is 5.32 Å². The van der Waals surface area contributed by atoms with E-state index in [1.807, 2.05) is 0 Å². The molecular formula is C13H17N3O4. The summed E-state index contributed by atoms with van der Waals surface area (Å²) in [6, 6.07) is 4.18. The Labute approximate surface area is 116 Å². The summed E-state index contributed by atoms with van der Waals surface area (Å²) in [5.74, 6) is -0.0110. The zero-order valence-corrected chi connectivity index (χ0v) is 11.2. The zero-order chi connectivity index (χ0) is 14.7. The largest absolute Gasteiger partial charge is 0.490 e. The Morgan fingerprint density at radius 3 is 2.80 bits per heavy atom. The van der Waals surface area contributed by atoms with Gasteiger partial charge in [-0.25, -0.2) is 0 Å². The smallest absolute Gasteiger partial charge is 0.311 e. The molecule has 1 atom stereocenters. The van der Waals surface area contributed by atoms with Gasteiger partial charge in [-0.05, 0) is 24.8 Å². The SMILES string of the molecule is COc1c(C(=O)NC(CN)C2CC2)cccc1[N+](=O)[O-]. The Morgan fingerprint density at radius 2 is 2.30 bits per heavy atom. The minimum absolute atomic E-state index is 0.0263. The summed E-state index contributed by atoms with van der Waals surface area (Å²) in [4.78, 5) is 22.6. The van der Waals surface area contributed by atoms with E-state index in [4.69, 9.17) is 10.5 Å². The molecule has 1 aliphatic carbocycles. The van der Waals surface area contributed by atoms with Gasteiger partial charge in [0.1, 0.15) is 0 Å². The molecule has 0 spiro atoms. The van der Waals surface area contributed by atoms with Crippen molar-refractivity contribution in [3.8, 4) is 5.75 Å². The number of nitrogens with zero attached hydrogens (tertiary/aromatic N) is 1. The van der Waals surface area contributed by atoms with Crippen molar-refractivity contribution < 1.29 is 14.5 Å². The molecule has 1 aliphatic rings. The van der Waals surface area contributed by atoms with E-state index < -0.39 is 10.8 Å². The summed E-state index contributed by atoms with van der Waals surface area (Å²) in [5, 5.41) is 13.7. The predicted octanol–water partition coefficient (Wildman–Crippen LogP) is 1.07. The van der Waals surface area contributed by atoms with Gasteiger partial charge in [0.25, 0.3) is 5.91 Å². The molecule has 108 valence electrons. The first kappa shape index (κ1) is 14.3. The maximum atomic E-state index is 12.2. The number of nitro groups is 1. The number of ether oxygens (including phenoxy) is 1. The molecule has 7 nitrogen and oxygen atoms in total. The van der Waals surface area contributed by atoms with Gasteiger partial charge in [0, 0.05) is 18.7 Å². The van der Waals surface area contributed by atoms with Crippen molar-refractivity contribution >= 4 is 11.6 Å². The second-order valence-corrected chi connectivity index (χ2v) is 4.77. The number of nitrogens with one attached hydrogen (secondary N) is 1. The Bertz CT molecular complexity index is 528. The highest BCUT2D eigenvalue weighted by Crippen LogP contribution is 2.33. The van der Waals surface area contributed by atoms with E-state index in [2.05, 4.69) is 5.32 Å². The van der Waals surface area contributed by atoms with Gasteiger partial charge in [0.15, 0.2) is 0 Å². The lowest BCUT2D eigenvalue weighted by atomic mass is 10.1. The first-order valence-electron chi connectivity index (χ1n) is 6.40. The second kappa shape index (κ2) is 5.87.